The highest BCUT2D eigenvalue weighted by Gasteiger charge is 2.34. The Bertz CT molecular complexity index is 832. The summed E-state index contributed by atoms with van der Waals surface area (Å²) in [5.41, 5.74) is 2.56. The molecule has 0 heterocycles. The fraction of sp³-hybridized carbons (Fsp3) is 0.294. The van der Waals surface area contributed by atoms with Gasteiger partial charge in [-0.1, -0.05) is 30.3 Å². The van der Waals surface area contributed by atoms with E-state index in [0.717, 1.165) is 16.7 Å². The minimum atomic E-state index is -3.79. The topological polar surface area (TPSA) is 75.6 Å². The molecule has 6 heteroatoms. The molecule has 0 aromatic heterocycles. The Balaban J connectivity index is 1.90. The van der Waals surface area contributed by atoms with Gasteiger partial charge in [-0.15, -0.1) is 0 Å². The molecule has 1 aliphatic rings. The van der Waals surface area contributed by atoms with Crippen molar-refractivity contribution in [2.75, 3.05) is 7.11 Å². The van der Waals surface area contributed by atoms with Crippen molar-refractivity contribution < 1.29 is 18.3 Å². The van der Waals surface area contributed by atoms with E-state index in [4.69, 9.17) is 4.74 Å². The number of aryl methyl sites for hydroxylation is 1. The molecule has 0 spiro atoms. The van der Waals surface area contributed by atoms with Crippen molar-refractivity contribution >= 4 is 10.0 Å². The normalized spacial score (nSPS) is 20.3. The molecule has 0 aliphatic heterocycles. The zero-order valence-corrected chi connectivity index (χ0v) is 13.8. The first kappa shape index (κ1) is 16.0. The average Bonchev–Trinajstić information content (AvgIpc) is 2.83. The number of rotatable bonds is 4. The van der Waals surface area contributed by atoms with E-state index in [-0.39, 0.29) is 10.6 Å². The number of ether oxygens (including phenoxy) is 1. The van der Waals surface area contributed by atoms with Crippen LogP contribution in [0, 0.1) is 6.92 Å². The standard InChI is InChI=1S/C17H19NO4S/c1-11-7-8-15(22-2)16(9-11)23(20,21)18-14-10-12-5-3-4-6-13(12)17(14)19/h3-9,14,17-19H,10H2,1-2H3/t14-,17+/m1/s1. The predicted octanol–water partition coefficient (Wildman–Crippen LogP) is 1.94. The summed E-state index contributed by atoms with van der Waals surface area (Å²) in [5.74, 6) is 0.285. The number of hydrogen-bond donors (Lipinski definition) is 2. The van der Waals surface area contributed by atoms with Gasteiger partial charge in [-0.2, -0.15) is 0 Å². The third-order valence-corrected chi connectivity index (χ3v) is 5.62. The molecule has 5 nitrogen and oxygen atoms in total. The number of aliphatic hydroxyl groups excluding tert-OH is 1. The van der Waals surface area contributed by atoms with E-state index in [1.807, 2.05) is 31.2 Å². The zero-order chi connectivity index (χ0) is 16.6. The van der Waals surface area contributed by atoms with Crippen LogP contribution in [0.15, 0.2) is 47.4 Å². The van der Waals surface area contributed by atoms with Crippen LogP contribution in [0.1, 0.15) is 22.8 Å². The van der Waals surface area contributed by atoms with Crippen molar-refractivity contribution in [2.45, 2.75) is 30.4 Å². The summed E-state index contributed by atoms with van der Waals surface area (Å²) in [4.78, 5) is 0.0863. The molecule has 3 rings (SSSR count). The summed E-state index contributed by atoms with van der Waals surface area (Å²) in [6.45, 7) is 1.82. The Kier molecular flexibility index (Phi) is 4.14. The van der Waals surface area contributed by atoms with Crippen molar-refractivity contribution in [3.05, 3.63) is 59.2 Å². The molecule has 122 valence electrons. The number of nitrogens with one attached hydrogen (secondary N) is 1. The van der Waals surface area contributed by atoms with Crippen molar-refractivity contribution in [3.8, 4) is 5.75 Å². The second-order valence-corrected chi connectivity index (χ2v) is 7.41. The van der Waals surface area contributed by atoms with Gasteiger partial charge in [0.1, 0.15) is 10.6 Å². The number of aliphatic hydroxyl groups is 1. The Labute approximate surface area is 136 Å². The van der Waals surface area contributed by atoms with Gasteiger partial charge < -0.3 is 9.84 Å². The van der Waals surface area contributed by atoms with Gasteiger partial charge in [0, 0.05) is 0 Å². The van der Waals surface area contributed by atoms with E-state index in [0.29, 0.717) is 6.42 Å². The summed E-state index contributed by atoms with van der Waals surface area (Å²) in [5, 5.41) is 10.4. The fourth-order valence-electron chi connectivity index (χ4n) is 2.94. The molecule has 0 saturated heterocycles. The van der Waals surface area contributed by atoms with Gasteiger partial charge in [-0.25, -0.2) is 13.1 Å². The van der Waals surface area contributed by atoms with Crippen LogP contribution in [-0.2, 0) is 16.4 Å². The van der Waals surface area contributed by atoms with E-state index in [9.17, 15) is 13.5 Å². The molecule has 0 amide bonds. The van der Waals surface area contributed by atoms with Gasteiger partial charge in [0.25, 0.3) is 0 Å². The second-order valence-electron chi connectivity index (χ2n) is 5.73. The smallest absolute Gasteiger partial charge is 0.244 e. The molecule has 23 heavy (non-hydrogen) atoms. The van der Waals surface area contributed by atoms with Gasteiger partial charge >= 0.3 is 0 Å². The monoisotopic (exact) mass is 333 g/mol. The second kappa shape index (κ2) is 5.96. The van der Waals surface area contributed by atoms with E-state index < -0.39 is 22.2 Å². The van der Waals surface area contributed by atoms with Gasteiger partial charge in [-0.05, 0) is 42.2 Å². The van der Waals surface area contributed by atoms with Crippen LogP contribution in [0.5, 0.6) is 5.75 Å². The summed E-state index contributed by atoms with van der Waals surface area (Å²) in [7, 11) is -2.36. The first-order chi connectivity index (χ1) is 10.9. The molecule has 0 bridgehead atoms. The van der Waals surface area contributed by atoms with Crippen LogP contribution in [-0.4, -0.2) is 26.7 Å². The lowest BCUT2D eigenvalue weighted by Crippen LogP contribution is -2.37. The maximum Gasteiger partial charge on any atom is 0.244 e. The van der Waals surface area contributed by atoms with Crippen LogP contribution in [0.4, 0.5) is 0 Å². The van der Waals surface area contributed by atoms with Gasteiger partial charge in [0.2, 0.25) is 10.0 Å². The van der Waals surface area contributed by atoms with Crippen molar-refractivity contribution in [2.24, 2.45) is 0 Å². The number of benzene rings is 2. The summed E-state index contributed by atoms with van der Waals surface area (Å²) < 4.78 is 33.2. The average molecular weight is 333 g/mol. The van der Waals surface area contributed by atoms with E-state index in [1.54, 1.807) is 18.2 Å². The maximum absolute atomic E-state index is 12.7. The Hall–Kier alpha value is -1.89. The van der Waals surface area contributed by atoms with Crippen molar-refractivity contribution in [1.29, 1.82) is 0 Å². The molecule has 1 aliphatic carbocycles. The van der Waals surface area contributed by atoms with E-state index >= 15 is 0 Å². The largest absolute Gasteiger partial charge is 0.495 e. The predicted molar refractivity (Wildman–Crippen MR) is 86.9 cm³/mol. The molecule has 0 radical (unpaired) electrons. The molecule has 2 aromatic carbocycles. The summed E-state index contributed by atoms with van der Waals surface area (Å²) in [6.07, 6.45) is -0.387. The van der Waals surface area contributed by atoms with Crippen LogP contribution < -0.4 is 9.46 Å². The molecule has 2 atom stereocenters. The minimum Gasteiger partial charge on any atom is -0.495 e. The van der Waals surface area contributed by atoms with Gasteiger partial charge in [0.15, 0.2) is 0 Å². The minimum absolute atomic E-state index is 0.0863. The highest BCUT2D eigenvalue weighted by atomic mass is 32.2. The van der Waals surface area contributed by atoms with Crippen molar-refractivity contribution in [1.82, 2.24) is 4.72 Å². The maximum atomic E-state index is 12.7. The van der Waals surface area contributed by atoms with E-state index in [1.165, 1.54) is 7.11 Å². The lowest BCUT2D eigenvalue weighted by molar-refractivity contribution is 0.152. The SMILES string of the molecule is COc1ccc(C)cc1S(=O)(=O)N[C@@H]1Cc2ccccc2[C@@H]1O. The Morgan fingerprint density at radius 3 is 2.65 bits per heavy atom. The quantitative estimate of drug-likeness (QED) is 0.896. The van der Waals surface area contributed by atoms with Crippen LogP contribution in [0.25, 0.3) is 0 Å². The lowest BCUT2D eigenvalue weighted by atomic mass is 10.1. The van der Waals surface area contributed by atoms with Crippen LogP contribution in [0.3, 0.4) is 0 Å². The number of methoxy groups -OCH3 is 1. The van der Waals surface area contributed by atoms with Crippen LogP contribution >= 0.6 is 0 Å². The number of sulfonamides is 1. The highest BCUT2D eigenvalue weighted by molar-refractivity contribution is 7.89. The van der Waals surface area contributed by atoms with Gasteiger partial charge in [0.05, 0.1) is 19.3 Å². The molecule has 0 saturated carbocycles. The zero-order valence-electron chi connectivity index (χ0n) is 13.0. The third kappa shape index (κ3) is 2.97. The highest BCUT2D eigenvalue weighted by Crippen LogP contribution is 2.33. The molecule has 2 aromatic rings. The van der Waals surface area contributed by atoms with Gasteiger partial charge in [-0.3, -0.25) is 0 Å². The Morgan fingerprint density at radius 1 is 1.22 bits per heavy atom. The number of fused-ring (bicyclic) bond motifs is 1. The third-order valence-electron chi connectivity index (χ3n) is 4.11. The molecular weight excluding hydrogens is 314 g/mol. The molecular formula is C17H19NO4S. The Morgan fingerprint density at radius 2 is 1.96 bits per heavy atom. The first-order valence-electron chi connectivity index (χ1n) is 7.35. The van der Waals surface area contributed by atoms with E-state index in [2.05, 4.69) is 4.72 Å². The summed E-state index contributed by atoms with van der Waals surface area (Å²) >= 11 is 0. The number of hydrogen-bond acceptors (Lipinski definition) is 4. The molecule has 0 fully saturated rings. The lowest BCUT2D eigenvalue weighted by Gasteiger charge is -2.18. The molecule has 2 N–H and O–H groups in total. The van der Waals surface area contributed by atoms with Crippen LogP contribution in [0.2, 0.25) is 0 Å². The van der Waals surface area contributed by atoms with Crippen molar-refractivity contribution in [3.63, 3.8) is 0 Å². The fourth-order valence-corrected chi connectivity index (χ4v) is 4.43. The first-order valence-corrected chi connectivity index (χ1v) is 8.83. The summed E-state index contributed by atoms with van der Waals surface area (Å²) in [6, 6.07) is 11.8. The molecule has 0 unspecified atom stereocenters.